The number of hydrogen-bond acceptors (Lipinski definition) is 2. The molecule has 0 unspecified atom stereocenters. The lowest BCUT2D eigenvalue weighted by atomic mass is 10.00. The van der Waals surface area contributed by atoms with Crippen molar-refractivity contribution < 1.29 is 13.2 Å². The minimum absolute atomic E-state index is 0. The fraction of sp³-hybridized carbons (Fsp3) is 0.200. The Morgan fingerprint density at radius 1 is 0.857 bits per heavy atom. The van der Waals surface area contributed by atoms with Gasteiger partial charge in [-0.25, -0.2) is 0 Å². The maximum Gasteiger partial charge on any atom is 0.416 e. The van der Waals surface area contributed by atoms with Crippen LogP contribution >= 0.6 is 12.4 Å². The zero-order chi connectivity index (χ0) is 14.8. The summed E-state index contributed by atoms with van der Waals surface area (Å²) in [5.74, 6) is 0. The number of halogens is 4. The Balaban J connectivity index is 0.00000220. The molecular weight excluding hydrogens is 301 g/mol. The second-order valence-electron chi connectivity index (χ2n) is 4.54. The summed E-state index contributed by atoms with van der Waals surface area (Å²) < 4.78 is 37.4. The minimum atomic E-state index is -4.31. The van der Waals surface area contributed by atoms with Gasteiger partial charge in [0, 0.05) is 12.6 Å². The number of alkyl halides is 3. The lowest BCUT2D eigenvalue weighted by Crippen LogP contribution is -2.20. The quantitative estimate of drug-likeness (QED) is 0.906. The van der Waals surface area contributed by atoms with E-state index >= 15 is 0 Å². The lowest BCUT2D eigenvalue weighted by Gasteiger charge is -2.11. The van der Waals surface area contributed by atoms with E-state index in [0.717, 1.165) is 28.8 Å². The van der Waals surface area contributed by atoms with E-state index in [9.17, 15) is 13.2 Å². The monoisotopic (exact) mass is 316 g/mol. The minimum Gasteiger partial charge on any atom is -0.329 e. The summed E-state index contributed by atoms with van der Waals surface area (Å²) in [6.07, 6.45) is -4.31. The van der Waals surface area contributed by atoms with Crippen molar-refractivity contribution in [3.8, 4) is 11.1 Å². The molecule has 2 aromatic rings. The normalized spacial score (nSPS) is 12.6. The predicted octanol–water partition coefficient (Wildman–Crippen LogP) is 3.75. The van der Waals surface area contributed by atoms with Gasteiger partial charge in [-0.2, -0.15) is 13.2 Å². The summed E-state index contributed by atoms with van der Waals surface area (Å²) in [4.78, 5) is 0. The summed E-state index contributed by atoms with van der Waals surface area (Å²) >= 11 is 0. The third kappa shape index (κ3) is 4.20. The third-order valence-electron chi connectivity index (χ3n) is 3.14. The van der Waals surface area contributed by atoms with Gasteiger partial charge in [0.05, 0.1) is 5.56 Å². The smallest absolute Gasteiger partial charge is 0.329 e. The van der Waals surface area contributed by atoms with Gasteiger partial charge in [0.15, 0.2) is 0 Å². The van der Waals surface area contributed by atoms with E-state index in [2.05, 4.69) is 0 Å². The van der Waals surface area contributed by atoms with Crippen LogP contribution in [0.1, 0.15) is 17.2 Å². The first-order valence-electron chi connectivity index (χ1n) is 6.15. The molecule has 0 heterocycles. The van der Waals surface area contributed by atoms with Gasteiger partial charge in [0.1, 0.15) is 0 Å². The highest BCUT2D eigenvalue weighted by Crippen LogP contribution is 2.31. The molecule has 0 bridgehead atoms. The summed E-state index contributed by atoms with van der Waals surface area (Å²) in [5.41, 5.74) is 13.1. The summed E-state index contributed by atoms with van der Waals surface area (Å²) in [5, 5.41) is 0. The van der Waals surface area contributed by atoms with Crippen LogP contribution in [0.3, 0.4) is 0 Å². The Morgan fingerprint density at radius 2 is 1.29 bits per heavy atom. The maximum absolute atomic E-state index is 12.5. The molecule has 1 atom stereocenters. The van der Waals surface area contributed by atoms with Crippen LogP contribution in [0.4, 0.5) is 13.2 Å². The van der Waals surface area contributed by atoms with Gasteiger partial charge in [0.25, 0.3) is 0 Å². The highest BCUT2D eigenvalue weighted by atomic mass is 35.5. The average Bonchev–Trinajstić information content (AvgIpc) is 2.46. The first-order valence-corrected chi connectivity index (χ1v) is 6.15. The first-order chi connectivity index (χ1) is 9.41. The van der Waals surface area contributed by atoms with Crippen molar-refractivity contribution in [3.05, 3.63) is 59.7 Å². The van der Waals surface area contributed by atoms with Crippen LogP contribution in [0.25, 0.3) is 11.1 Å². The molecule has 0 saturated heterocycles. The van der Waals surface area contributed by atoms with Crippen LogP contribution in [0.5, 0.6) is 0 Å². The molecule has 0 fully saturated rings. The fourth-order valence-electron chi connectivity index (χ4n) is 1.91. The molecule has 21 heavy (non-hydrogen) atoms. The summed E-state index contributed by atoms with van der Waals surface area (Å²) in [6.45, 7) is 0.347. The van der Waals surface area contributed by atoms with Crippen molar-refractivity contribution >= 4 is 12.4 Å². The molecule has 2 aromatic carbocycles. The average molecular weight is 317 g/mol. The third-order valence-corrected chi connectivity index (χ3v) is 3.14. The first kappa shape index (κ1) is 17.5. The second kappa shape index (κ2) is 6.93. The van der Waals surface area contributed by atoms with Gasteiger partial charge in [-0.05, 0) is 28.8 Å². The van der Waals surface area contributed by atoms with Crippen LogP contribution < -0.4 is 11.5 Å². The van der Waals surface area contributed by atoms with Crippen molar-refractivity contribution in [2.45, 2.75) is 12.2 Å². The van der Waals surface area contributed by atoms with Gasteiger partial charge in [0.2, 0.25) is 0 Å². The Labute approximate surface area is 127 Å². The molecule has 2 nitrogen and oxygen atoms in total. The fourth-order valence-corrected chi connectivity index (χ4v) is 1.91. The largest absolute Gasteiger partial charge is 0.416 e. The molecule has 0 aromatic heterocycles. The zero-order valence-corrected chi connectivity index (χ0v) is 11.9. The number of benzene rings is 2. The number of hydrogen-bond donors (Lipinski definition) is 2. The molecule has 0 aliphatic rings. The zero-order valence-electron chi connectivity index (χ0n) is 11.1. The predicted molar refractivity (Wildman–Crippen MR) is 80.1 cm³/mol. The standard InChI is InChI=1S/C15H15F3N2.ClH/c16-15(17,18)13-7-5-11(6-8-13)10-1-3-12(4-2-10)14(20)9-19;/h1-8,14H,9,19-20H2;1H/t14-;/m1./s1. The molecule has 0 aliphatic carbocycles. The van der Waals surface area contributed by atoms with E-state index < -0.39 is 11.7 Å². The molecule has 0 radical (unpaired) electrons. The molecule has 0 saturated carbocycles. The van der Waals surface area contributed by atoms with Gasteiger partial charge in [-0.1, -0.05) is 36.4 Å². The van der Waals surface area contributed by atoms with Crippen LogP contribution in [0.2, 0.25) is 0 Å². The molecular formula is C15H16ClF3N2. The van der Waals surface area contributed by atoms with Gasteiger partial charge in [-0.3, -0.25) is 0 Å². The number of nitrogens with two attached hydrogens (primary N) is 2. The Hall–Kier alpha value is -1.56. The van der Waals surface area contributed by atoms with Crippen molar-refractivity contribution in [1.29, 1.82) is 0 Å². The van der Waals surface area contributed by atoms with Crippen molar-refractivity contribution in [2.75, 3.05) is 6.54 Å². The Kier molecular flexibility index (Phi) is 5.78. The van der Waals surface area contributed by atoms with Crippen LogP contribution in [-0.2, 0) is 6.18 Å². The van der Waals surface area contributed by atoms with Gasteiger partial charge in [-0.15, -0.1) is 12.4 Å². The second-order valence-corrected chi connectivity index (χ2v) is 4.54. The van der Waals surface area contributed by atoms with Crippen molar-refractivity contribution in [2.24, 2.45) is 11.5 Å². The van der Waals surface area contributed by atoms with Gasteiger partial charge >= 0.3 is 6.18 Å². The van der Waals surface area contributed by atoms with E-state index in [4.69, 9.17) is 11.5 Å². The number of rotatable bonds is 3. The van der Waals surface area contributed by atoms with E-state index in [1.165, 1.54) is 12.1 Å². The SMILES string of the molecule is Cl.NC[C@@H](N)c1ccc(-c2ccc(C(F)(F)F)cc2)cc1. The van der Waals surface area contributed by atoms with Crippen molar-refractivity contribution in [1.82, 2.24) is 0 Å². The topological polar surface area (TPSA) is 52.0 Å². The van der Waals surface area contributed by atoms with Crippen LogP contribution in [0.15, 0.2) is 48.5 Å². The summed E-state index contributed by atoms with van der Waals surface area (Å²) in [7, 11) is 0. The molecule has 0 aliphatic heterocycles. The highest BCUT2D eigenvalue weighted by Gasteiger charge is 2.29. The van der Waals surface area contributed by atoms with E-state index in [0.29, 0.717) is 6.54 Å². The van der Waals surface area contributed by atoms with E-state index in [1.54, 1.807) is 0 Å². The van der Waals surface area contributed by atoms with Crippen molar-refractivity contribution in [3.63, 3.8) is 0 Å². The molecule has 2 rings (SSSR count). The molecule has 6 heteroatoms. The molecule has 4 N–H and O–H groups in total. The lowest BCUT2D eigenvalue weighted by molar-refractivity contribution is -0.137. The molecule has 0 amide bonds. The highest BCUT2D eigenvalue weighted by molar-refractivity contribution is 5.85. The molecule has 114 valence electrons. The maximum atomic E-state index is 12.5. The summed E-state index contributed by atoms with van der Waals surface area (Å²) in [6, 6.07) is 12.2. The Bertz CT molecular complexity index is 565. The van der Waals surface area contributed by atoms with E-state index in [-0.39, 0.29) is 18.4 Å². The van der Waals surface area contributed by atoms with Crippen LogP contribution in [0, 0.1) is 0 Å². The Morgan fingerprint density at radius 3 is 1.67 bits per heavy atom. The van der Waals surface area contributed by atoms with Crippen LogP contribution in [-0.4, -0.2) is 6.54 Å². The van der Waals surface area contributed by atoms with Gasteiger partial charge < -0.3 is 11.5 Å². The van der Waals surface area contributed by atoms with E-state index in [1.807, 2.05) is 24.3 Å². The molecule has 0 spiro atoms.